The van der Waals surface area contributed by atoms with Crippen LogP contribution in [-0.4, -0.2) is 23.4 Å². The Morgan fingerprint density at radius 2 is 1.67 bits per heavy atom. The van der Waals surface area contributed by atoms with Gasteiger partial charge in [-0.3, -0.25) is 0 Å². The monoisotopic (exact) mass is 392 g/mol. The van der Waals surface area contributed by atoms with Gasteiger partial charge in [0, 0.05) is 5.38 Å². The van der Waals surface area contributed by atoms with Gasteiger partial charge in [-0.15, -0.1) is 11.6 Å². The van der Waals surface area contributed by atoms with Crippen LogP contribution in [0.1, 0.15) is 79.6 Å². The van der Waals surface area contributed by atoms with Crippen molar-refractivity contribution in [2.45, 2.75) is 103 Å². The van der Waals surface area contributed by atoms with Crippen molar-refractivity contribution in [2.24, 2.45) is 34.5 Å². The molecule has 0 aromatic rings. The van der Waals surface area contributed by atoms with E-state index in [2.05, 4.69) is 40.7 Å². The van der Waals surface area contributed by atoms with Gasteiger partial charge in [0.15, 0.2) is 5.79 Å². The maximum Gasteiger partial charge on any atom is 0.163 e. The number of rotatable bonds is 0. The minimum Gasteiger partial charge on any atom is -0.344 e. The fourth-order valence-corrected chi connectivity index (χ4v) is 8.76. The van der Waals surface area contributed by atoms with Gasteiger partial charge in [0.05, 0.1) is 12.2 Å². The third kappa shape index (κ3) is 2.51. The van der Waals surface area contributed by atoms with Crippen molar-refractivity contribution in [2.75, 3.05) is 0 Å². The molecule has 4 aliphatic carbocycles. The van der Waals surface area contributed by atoms with Crippen LogP contribution in [0.25, 0.3) is 0 Å². The first-order valence-electron chi connectivity index (χ1n) is 11.3. The predicted molar refractivity (Wildman–Crippen MR) is 110 cm³/mol. The highest BCUT2D eigenvalue weighted by atomic mass is 35.5. The maximum absolute atomic E-state index is 6.69. The van der Waals surface area contributed by atoms with Crippen molar-refractivity contribution in [3.63, 3.8) is 0 Å². The van der Waals surface area contributed by atoms with Crippen LogP contribution in [0.3, 0.4) is 0 Å². The first-order valence-corrected chi connectivity index (χ1v) is 11.8. The fourth-order valence-electron chi connectivity index (χ4n) is 8.46. The van der Waals surface area contributed by atoms with Crippen LogP contribution in [0.15, 0.2) is 11.6 Å². The normalized spacial score (nSPS) is 57.7. The quantitative estimate of drug-likeness (QED) is 0.354. The lowest BCUT2D eigenvalue weighted by Gasteiger charge is -2.63. The van der Waals surface area contributed by atoms with Crippen LogP contribution in [0.5, 0.6) is 0 Å². The molecule has 1 heterocycles. The molecule has 3 heteroatoms. The summed E-state index contributed by atoms with van der Waals surface area (Å²) in [5.74, 6) is 2.24. The van der Waals surface area contributed by atoms with E-state index in [0.717, 1.165) is 18.3 Å². The number of hydrogen-bond acceptors (Lipinski definition) is 2. The van der Waals surface area contributed by atoms with E-state index < -0.39 is 5.79 Å². The van der Waals surface area contributed by atoms with Gasteiger partial charge in [-0.2, -0.15) is 0 Å². The van der Waals surface area contributed by atoms with Gasteiger partial charge in [-0.1, -0.05) is 25.5 Å². The Bertz CT molecular complexity index is 657. The summed E-state index contributed by atoms with van der Waals surface area (Å²) < 4.78 is 13.3. The van der Waals surface area contributed by atoms with E-state index in [-0.39, 0.29) is 12.2 Å². The number of allylic oxidation sites excluding steroid dienone is 2. The second kappa shape index (κ2) is 5.99. The third-order valence-corrected chi connectivity index (χ3v) is 10.1. The number of hydrogen-bond donors (Lipinski definition) is 0. The highest BCUT2D eigenvalue weighted by Crippen LogP contribution is 2.69. The molecule has 0 radical (unpaired) electrons. The highest BCUT2D eigenvalue weighted by molar-refractivity contribution is 6.20. The third-order valence-electron chi connectivity index (χ3n) is 9.67. The van der Waals surface area contributed by atoms with Crippen molar-refractivity contribution in [1.29, 1.82) is 0 Å². The molecule has 5 aliphatic rings. The van der Waals surface area contributed by atoms with Gasteiger partial charge >= 0.3 is 0 Å². The van der Waals surface area contributed by atoms with E-state index >= 15 is 0 Å². The van der Waals surface area contributed by atoms with Gasteiger partial charge in [0.2, 0.25) is 0 Å². The first-order chi connectivity index (χ1) is 12.7. The van der Waals surface area contributed by atoms with E-state index in [0.29, 0.717) is 28.0 Å². The summed E-state index contributed by atoms with van der Waals surface area (Å²) >= 11 is 6.68. The summed E-state index contributed by atoms with van der Waals surface area (Å²) in [6.45, 7) is 11.6. The van der Waals surface area contributed by atoms with Crippen molar-refractivity contribution >= 4 is 11.6 Å². The standard InChI is InChI=1S/C24H37ClO2/c1-6-14-7-8-16-19-17(10-12-23(14,16)4)24(5)11-9-15(25)13-18(24)20-21(19)27-22(2,3)26-20/h6,15-21H,7-13H2,1-5H3/t15-,16?,17?,18?,19?,20-,21-,23-,24-/m1/s1. The Hall–Kier alpha value is -0.0500. The van der Waals surface area contributed by atoms with Crippen LogP contribution in [0.4, 0.5) is 0 Å². The Balaban J connectivity index is 1.59. The van der Waals surface area contributed by atoms with E-state index in [4.69, 9.17) is 21.1 Å². The van der Waals surface area contributed by atoms with Crippen LogP contribution < -0.4 is 0 Å². The Morgan fingerprint density at radius 3 is 2.41 bits per heavy atom. The molecule has 0 aromatic heterocycles. The van der Waals surface area contributed by atoms with Crippen molar-refractivity contribution < 1.29 is 9.47 Å². The Morgan fingerprint density at radius 1 is 0.926 bits per heavy atom. The molecule has 0 aromatic carbocycles. The lowest BCUT2D eigenvalue weighted by molar-refractivity contribution is -0.171. The summed E-state index contributed by atoms with van der Waals surface area (Å²) in [6, 6.07) is 0. The molecule has 152 valence electrons. The Kier molecular flexibility index (Phi) is 4.20. The largest absolute Gasteiger partial charge is 0.344 e. The minimum atomic E-state index is -0.458. The molecular formula is C24H37ClO2. The summed E-state index contributed by atoms with van der Waals surface area (Å²) in [5, 5.41) is 0.308. The summed E-state index contributed by atoms with van der Waals surface area (Å²) in [5.41, 5.74) is 2.45. The van der Waals surface area contributed by atoms with E-state index in [9.17, 15) is 0 Å². The molecule has 2 nitrogen and oxygen atoms in total. The molecule has 0 amide bonds. The fraction of sp³-hybridized carbons (Fsp3) is 0.917. The molecule has 0 N–H and O–H groups in total. The molecule has 5 fully saturated rings. The molecule has 5 rings (SSSR count). The maximum atomic E-state index is 6.69. The molecule has 4 saturated carbocycles. The zero-order valence-electron chi connectivity index (χ0n) is 17.8. The summed E-state index contributed by atoms with van der Waals surface area (Å²) in [4.78, 5) is 0. The summed E-state index contributed by atoms with van der Waals surface area (Å²) in [7, 11) is 0. The average Bonchev–Trinajstić information content (AvgIpc) is 3.11. The van der Waals surface area contributed by atoms with Gasteiger partial charge in [-0.05, 0) is 100 Å². The predicted octanol–water partition coefficient (Wildman–Crippen LogP) is 6.32. The smallest absolute Gasteiger partial charge is 0.163 e. The first kappa shape index (κ1) is 18.9. The zero-order chi connectivity index (χ0) is 19.2. The number of alkyl halides is 1. The van der Waals surface area contributed by atoms with Gasteiger partial charge in [0.1, 0.15) is 0 Å². The lowest BCUT2D eigenvalue weighted by Crippen LogP contribution is -2.62. The number of fused-ring (bicyclic) bond motifs is 8. The van der Waals surface area contributed by atoms with Crippen molar-refractivity contribution in [1.82, 2.24) is 0 Å². The van der Waals surface area contributed by atoms with Gasteiger partial charge < -0.3 is 9.47 Å². The van der Waals surface area contributed by atoms with Crippen molar-refractivity contribution in [3.05, 3.63) is 11.6 Å². The highest BCUT2D eigenvalue weighted by Gasteiger charge is 2.67. The van der Waals surface area contributed by atoms with Crippen LogP contribution in [0, 0.1) is 34.5 Å². The topological polar surface area (TPSA) is 18.5 Å². The Labute approximate surface area is 170 Å². The zero-order valence-corrected chi connectivity index (χ0v) is 18.5. The van der Waals surface area contributed by atoms with Crippen LogP contribution in [0.2, 0.25) is 0 Å². The van der Waals surface area contributed by atoms with E-state index in [1.807, 2.05) is 0 Å². The number of halogens is 1. The average molecular weight is 393 g/mol. The SMILES string of the molecule is CC=C1CCC2C3C(CC[C@]12C)[C@@]1(C)CC[C@@H](Cl)CC1[C@H]1OC(C)(C)O[C@H]31. The molecule has 4 unspecified atom stereocenters. The molecule has 27 heavy (non-hydrogen) atoms. The van der Waals surface area contributed by atoms with Crippen LogP contribution >= 0.6 is 11.6 Å². The second-order valence-electron chi connectivity index (χ2n) is 11.1. The van der Waals surface area contributed by atoms with Gasteiger partial charge in [-0.25, -0.2) is 0 Å². The molecule has 9 atom stereocenters. The van der Waals surface area contributed by atoms with E-state index in [1.54, 1.807) is 5.57 Å². The summed E-state index contributed by atoms with van der Waals surface area (Å²) in [6.07, 6.45) is 11.8. The lowest BCUT2D eigenvalue weighted by atomic mass is 9.44. The molecule has 0 spiro atoms. The molecule has 1 saturated heterocycles. The van der Waals surface area contributed by atoms with Crippen LogP contribution in [-0.2, 0) is 9.47 Å². The van der Waals surface area contributed by atoms with Crippen molar-refractivity contribution in [3.8, 4) is 0 Å². The van der Waals surface area contributed by atoms with E-state index in [1.165, 1.54) is 38.5 Å². The number of ether oxygens (including phenoxy) is 2. The second-order valence-corrected chi connectivity index (χ2v) is 11.8. The molecule has 1 aliphatic heterocycles. The molecule has 0 bridgehead atoms. The molecular weight excluding hydrogens is 356 g/mol. The van der Waals surface area contributed by atoms with Gasteiger partial charge in [0.25, 0.3) is 0 Å². The minimum absolute atomic E-state index is 0.227.